The third-order valence-corrected chi connectivity index (χ3v) is 9.11. The Balaban J connectivity index is 2.05. The number of halogens is 3. The predicted molar refractivity (Wildman–Crippen MR) is 165 cm³/mol. The highest BCUT2D eigenvalue weighted by molar-refractivity contribution is 14.1. The SMILES string of the molecule is CCCNC(=O)C(CC)N(Cc1ccc(Cl)cc1Cl)C(=O)CN(c1ccc(I)cc1)S(=O)(=O)c1ccccc1. The largest absolute Gasteiger partial charge is 0.354 e. The van der Waals surface area contributed by atoms with Crippen molar-refractivity contribution in [2.24, 2.45) is 0 Å². The highest BCUT2D eigenvalue weighted by atomic mass is 127. The summed E-state index contributed by atoms with van der Waals surface area (Å²) in [5.41, 5.74) is 0.920. The van der Waals surface area contributed by atoms with Crippen LogP contribution in [0.15, 0.2) is 77.7 Å². The van der Waals surface area contributed by atoms with Crippen LogP contribution in [0.1, 0.15) is 32.3 Å². The van der Waals surface area contributed by atoms with Crippen molar-refractivity contribution in [2.75, 3.05) is 17.4 Å². The summed E-state index contributed by atoms with van der Waals surface area (Å²) in [5.74, 6) is -0.859. The van der Waals surface area contributed by atoms with Crippen LogP contribution in [-0.4, -0.2) is 44.3 Å². The molecule has 0 radical (unpaired) electrons. The molecule has 7 nitrogen and oxygen atoms in total. The third kappa shape index (κ3) is 8.09. The molecule has 1 atom stereocenters. The summed E-state index contributed by atoms with van der Waals surface area (Å²) in [6, 6.07) is 18.9. The van der Waals surface area contributed by atoms with Gasteiger partial charge in [0.05, 0.1) is 10.6 Å². The second-order valence-electron chi connectivity index (χ2n) is 8.77. The van der Waals surface area contributed by atoms with Crippen LogP contribution in [0.25, 0.3) is 0 Å². The van der Waals surface area contributed by atoms with E-state index >= 15 is 0 Å². The molecule has 11 heteroatoms. The van der Waals surface area contributed by atoms with Crippen LogP contribution >= 0.6 is 45.8 Å². The molecule has 1 unspecified atom stereocenters. The first-order valence-electron chi connectivity index (χ1n) is 12.4. The first-order valence-corrected chi connectivity index (χ1v) is 15.7. The molecule has 3 aromatic rings. The smallest absolute Gasteiger partial charge is 0.264 e. The summed E-state index contributed by atoms with van der Waals surface area (Å²) >= 11 is 14.6. The minimum atomic E-state index is -4.11. The van der Waals surface area contributed by atoms with E-state index in [-0.39, 0.29) is 17.3 Å². The van der Waals surface area contributed by atoms with E-state index in [4.69, 9.17) is 23.2 Å². The van der Waals surface area contributed by atoms with E-state index < -0.39 is 28.5 Å². The zero-order valence-electron chi connectivity index (χ0n) is 21.6. The van der Waals surface area contributed by atoms with Gasteiger partial charge in [-0.2, -0.15) is 0 Å². The molecule has 0 fully saturated rings. The van der Waals surface area contributed by atoms with Crippen molar-refractivity contribution in [3.05, 3.63) is 92.0 Å². The van der Waals surface area contributed by atoms with Gasteiger partial charge >= 0.3 is 0 Å². The minimum absolute atomic E-state index is 0.00119. The van der Waals surface area contributed by atoms with E-state index in [0.717, 1.165) is 14.3 Å². The number of nitrogens with zero attached hydrogens (tertiary/aromatic N) is 2. The number of carbonyl (C=O) groups excluding carboxylic acids is 2. The Labute approximate surface area is 253 Å². The standard InChI is InChI=1S/C28H30Cl2IN3O4S/c1-3-16-32-28(36)26(4-2)33(18-20-10-11-21(29)17-25(20)30)27(35)19-34(23-14-12-22(31)13-15-23)39(37,38)24-8-6-5-7-9-24/h5-15,17,26H,3-4,16,18-19H2,1-2H3,(H,32,36). The molecule has 0 heterocycles. The number of hydrogen-bond donors (Lipinski definition) is 1. The second kappa shape index (κ2) is 14.3. The number of amides is 2. The van der Waals surface area contributed by atoms with Crippen molar-refractivity contribution in [3.8, 4) is 0 Å². The van der Waals surface area contributed by atoms with Gasteiger partial charge in [-0.25, -0.2) is 8.42 Å². The first kappa shape index (κ1) is 31.2. The topological polar surface area (TPSA) is 86.8 Å². The van der Waals surface area contributed by atoms with Crippen molar-refractivity contribution in [2.45, 2.75) is 44.2 Å². The molecular formula is C28H30Cl2IN3O4S. The first-order chi connectivity index (χ1) is 18.6. The molecule has 1 N–H and O–H groups in total. The number of hydrogen-bond acceptors (Lipinski definition) is 4. The Kier molecular flexibility index (Phi) is 11.5. The Bertz CT molecular complexity index is 1390. The molecule has 3 rings (SSSR count). The van der Waals surface area contributed by atoms with Crippen LogP contribution < -0.4 is 9.62 Å². The molecule has 0 aliphatic rings. The van der Waals surface area contributed by atoms with E-state index in [1.54, 1.807) is 67.6 Å². The Hall–Kier alpha value is -2.34. The third-order valence-electron chi connectivity index (χ3n) is 6.02. The Morgan fingerprint density at radius 2 is 1.64 bits per heavy atom. The molecule has 0 saturated heterocycles. The van der Waals surface area contributed by atoms with Gasteiger partial charge in [0.25, 0.3) is 10.0 Å². The van der Waals surface area contributed by atoms with E-state index in [9.17, 15) is 18.0 Å². The van der Waals surface area contributed by atoms with Crippen LogP contribution in [0.3, 0.4) is 0 Å². The lowest BCUT2D eigenvalue weighted by atomic mass is 10.1. The maximum Gasteiger partial charge on any atom is 0.264 e. The normalized spacial score (nSPS) is 12.0. The number of rotatable bonds is 12. The van der Waals surface area contributed by atoms with Gasteiger partial charge in [-0.1, -0.05) is 61.3 Å². The zero-order valence-corrected chi connectivity index (χ0v) is 26.1. The summed E-state index contributed by atoms with van der Waals surface area (Å²) in [7, 11) is -4.11. The fraction of sp³-hybridized carbons (Fsp3) is 0.286. The van der Waals surface area contributed by atoms with Gasteiger partial charge in [-0.15, -0.1) is 0 Å². The number of benzene rings is 3. The average Bonchev–Trinajstić information content (AvgIpc) is 2.92. The van der Waals surface area contributed by atoms with E-state index in [0.29, 0.717) is 34.3 Å². The summed E-state index contributed by atoms with van der Waals surface area (Å²) in [6.07, 6.45) is 1.05. The molecular weight excluding hydrogens is 672 g/mol. The highest BCUT2D eigenvalue weighted by Crippen LogP contribution is 2.27. The second-order valence-corrected chi connectivity index (χ2v) is 12.7. The Morgan fingerprint density at radius 1 is 0.974 bits per heavy atom. The van der Waals surface area contributed by atoms with Crippen LogP contribution in [0.5, 0.6) is 0 Å². The van der Waals surface area contributed by atoms with Gasteiger partial charge in [0.15, 0.2) is 0 Å². The average molecular weight is 702 g/mol. The van der Waals surface area contributed by atoms with Gasteiger partial charge in [-0.05, 0) is 89.5 Å². The van der Waals surface area contributed by atoms with Gasteiger partial charge in [-0.3, -0.25) is 13.9 Å². The van der Waals surface area contributed by atoms with Gasteiger partial charge in [0, 0.05) is 26.7 Å². The summed E-state index contributed by atoms with van der Waals surface area (Å²) in [6.45, 7) is 3.68. The minimum Gasteiger partial charge on any atom is -0.354 e. The number of nitrogens with one attached hydrogen (secondary N) is 1. The molecule has 208 valence electrons. The van der Waals surface area contributed by atoms with Crippen LogP contribution in [0.2, 0.25) is 10.0 Å². The Morgan fingerprint density at radius 3 is 2.23 bits per heavy atom. The van der Waals surface area contributed by atoms with E-state index in [1.165, 1.54) is 17.0 Å². The maximum atomic E-state index is 14.0. The molecule has 0 spiro atoms. The van der Waals surface area contributed by atoms with Crippen molar-refractivity contribution in [1.82, 2.24) is 10.2 Å². The number of sulfonamides is 1. The summed E-state index contributed by atoms with van der Waals surface area (Å²) in [5, 5.41) is 3.64. The van der Waals surface area contributed by atoms with Gasteiger partial charge < -0.3 is 10.2 Å². The van der Waals surface area contributed by atoms with Gasteiger partial charge in [0.1, 0.15) is 12.6 Å². The molecule has 0 aromatic heterocycles. The van der Waals surface area contributed by atoms with Crippen LogP contribution in [-0.2, 0) is 26.2 Å². The van der Waals surface area contributed by atoms with Crippen molar-refractivity contribution in [3.63, 3.8) is 0 Å². The van der Waals surface area contributed by atoms with E-state index in [2.05, 4.69) is 27.9 Å². The fourth-order valence-corrected chi connectivity index (χ4v) is 6.24. The molecule has 2 amide bonds. The number of carbonyl (C=O) groups is 2. The predicted octanol–water partition coefficient (Wildman–Crippen LogP) is 6.13. The fourth-order valence-electron chi connectivity index (χ4n) is 3.97. The van der Waals surface area contributed by atoms with Crippen LogP contribution in [0, 0.1) is 3.57 Å². The monoisotopic (exact) mass is 701 g/mol. The lowest BCUT2D eigenvalue weighted by Crippen LogP contribution is -2.52. The van der Waals surface area contributed by atoms with Gasteiger partial charge in [0.2, 0.25) is 11.8 Å². The van der Waals surface area contributed by atoms with E-state index in [1.807, 2.05) is 6.92 Å². The maximum absolute atomic E-state index is 14.0. The number of anilines is 1. The summed E-state index contributed by atoms with van der Waals surface area (Å²) in [4.78, 5) is 28.6. The molecule has 0 aliphatic carbocycles. The molecule has 0 saturated carbocycles. The van der Waals surface area contributed by atoms with Crippen LogP contribution in [0.4, 0.5) is 5.69 Å². The quantitative estimate of drug-likeness (QED) is 0.231. The lowest BCUT2D eigenvalue weighted by Gasteiger charge is -2.33. The molecule has 0 aliphatic heterocycles. The zero-order chi connectivity index (χ0) is 28.6. The lowest BCUT2D eigenvalue weighted by molar-refractivity contribution is -0.140. The van der Waals surface area contributed by atoms with Crippen molar-refractivity contribution < 1.29 is 18.0 Å². The molecule has 3 aromatic carbocycles. The molecule has 39 heavy (non-hydrogen) atoms. The highest BCUT2D eigenvalue weighted by Gasteiger charge is 2.33. The van der Waals surface area contributed by atoms with Crippen molar-refractivity contribution in [1.29, 1.82) is 0 Å². The molecule has 0 bridgehead atoms. The van der Waals surface area contributed by atoms with Crippen molar-refractivity contribution >= 4 is 73.3 Å². The summed E-state index contributed by atoms with van der Waals surface area (Å²) < 4.78 is 29.5.